The van der Waals surface area contributed by atoms with E-state index in [1.807, 2.05) is 24.3 Å². The van der Waals surface area contributed by atoms with E-state index in [9.17, 15) is 5.26 Å². The summed E-state index contributed by atoms with van der Waals surface area (Å²) in [5.74, 6) is -0.307. The van der Waals surface area contributed by atoms with Crippen LogP contribution in [0.1, 0.15) is 111 Å². The highest BCUT2D eigenvalue weighted by Gasteiger charge is 2.27. The van der Waals surface area contributed by atoms with Crippen molar-refractivity contribution in [3.05, 3.63) is 143 Å². The van der Waals surface area contributed by atoms with Gasteiger partial charge in [0, 0.05) is 27.1 Å². The van der Waals surface area contributed by atoms with E-state index in [1.54, 1.807) is 6.07 Å². The van der Waals surface area contributed by atoms with Crippen molar-refractivity contribution < 1.29 is 4.39 Å². The van der Waals surface area contributed by atoms with E-state index in [4.69, 9.17) is 0 Å². The van der Waals surface area contributed by atoms with Gasteiger partial charge in [-0.25, -0.2) is 4.39 Å². The predicted octanol–water partition coefficient (Wildman–Crippen LogP) is 14.7. The number of halogens is 1. The van der Waals surface area contributed by atoms with Crippen LogP contribution in [-0.2, 0) is 21.7 Å². The first-order chi connectivity index (χ1) is 26.7. The van der Waals surface area contributed by atoms with Gasteiger partial charge in [0.05, 0.1) is 33.4 Å². The number of nitrogens with zero attached hydrogens (tertiary/aromatic N) is 3. The minimum absolute atomic E-state index is 0.108. The van der Waals surface area contributed by atoms with Gasteiger partial charge in [0.25, 0.3) is 0 Å². The summed E-state index contributed by atoms with van der Waals surface area (Å²) in [5.41, 5.74) is 11.6. The maximum Gasteiger partial charge on any atom is 0.131 e. The number of nitriles is 1. The van der Waals surface area contributed by atoms with E-state index in [0.717, 1.165) is 55.0 Å². The summed E-state index contributed by atoms with van der Waals surface area (Å²) >= 11 is 0. The molecular formula is C53H54FN3. The molecule has 8 rings (SSSR count). The van der Waals surface area contributed by atoms with Gasteiger partial charge in [0.2, 0.25) is 0 Å². The van der Waals surface area contributed by atoms with Gasteiger partial charge in [-0.1, -0.05) is 150 Å². The van der Waals surface area contributed by atoms with Crippen molar-refractivity contribution in [2.75, 3.05) is 0 Å². The molecule has 8 aromatic rings. The fourth-order valence-electron chi connectivity index (χ4n) is 8.35. The highest BCUT2D eigenvalue weighted by atomic mass is 19.1. The van der Waals surface area contributed by atoms with Crippen molar-refractivity contribution in [3.63, 3.8) is 0 Å². The lowest BCUT2D eigenvalue weighted by atomic mass is 9.86. The topological polar surface area (TPSA) is 33.6 Å². The van der Waals surface area contributed by atoms with Crippen LogP contribution < -0.4 is 0 Å². The lowest BCUT2D eigenvalue weighted by molar-refractivity contribution is 0.590. The van der Waals surface area contributed by atoms with Crippen LogP contribution in [0.25, 0.3) is 66.1 Å². The summed E-state index contributed by atoms with van der Waals surface area (Å²) in [6.45, 7) is 26.8. The molecule has 0 aliphatic heterocycles. The molecule has 0 bridgehead atoms. The second-order valence-electron chi connectivity index (χ2n) is 20.1. The summed E-state index contributed by atoms with van der Waals surface area (Å²) in [6, 6.07) is 40.8. The molecule has 2 aromatic heterocycles. The van der Waals surface area contributed by atoms with Crippen LogP contribution in [0, 0.1) is 17.1 Å². The van der Waals surface area contributed by atoms with Crippen LogP contribution in [0.2, 0.25) is 0 Å². The average molecular weight is 752 g/mol. The number of benzene rings is 6. The van der Waals surface area contributed by atoms with E-state index in [1.165, 1.54) is 28.3 Å². The van der Waals surface area contributed by atoms with Gasteiger partial charge in [0.1, 0.15) is 17.4 Å². The molecule has 0 atom stereocenters. The molecule has 3 nitrogen and oxygen atoms in total. The van der Waals surface area contributed by atoms with E-state index in [-0.39, 0.29) is 27.5 Å². The first-order valence-electron chi connectivity index (χ1n) is 20.2. The number of aromatic nitrogens is 2. The first-order valence-corrected chi connectivity index (χ1v) is 20.2. The summed E-state index contributed by atoms with van der Waals surface area (Å²) < 4.78 is 20.6. The Labute approximate surface area is 337 Å². The molecular weight excluding hydrogens is 698 g/mol. The Bertz CT molecular complexity index is 2640. The molecule has 0 aliphatic carbocycles. The normalized spacial score (nSPS) is 13.0. The van der Waals surface area contributed by atoms with Crippen molar-refractivity contribution >= 4 is 43.6 Å². The standard InChI is InChI=1S/C53H54FN3/c1-50(2,3)33-17-21-38-39-22-18-34(51(4,5)6)28-47(39)56(46(38)27-33)44-25-32(37-15-13-14-16-43(37)54)26-45(42(44)31-55)57-48-29-35(52(7,8)9)19-23-40(48)41-24-20-36(30-49(41)57)53(10,11)12/h13-30H,1-12H3. The lowest BCUT2D eigenvalue weighted by Gasteiger charge is -2.23. The summed E-state index contributed by atoms with van der Waals surface area (Å²) in [7, 11) is 0. The van der Waals surface area contributed by atoms with Crippen LogP contribution in [-0.4, -0.2) is 9.13 Å². The summed E-state index contributed by atoms with van der Waals surface area (Å²) in [6.07, 6.45) is 0. The predicted molar refractivity (Wildman–Crippen MR) is 240 cm³/mol. The molecule has 288 valence electrons. The average Bonchev–Trinajstić information content (AvgIpc) is 3.64. The maximum atomic E-state index is 16.1. The van der Waals surface area contributed by atoms with Gasteiger partial charge in [0.15, 0.2) is 0 Å². The van der Waals surface area contributed by atoms with E-state index >= 15 is 4.39 Å². The van der Waals surface area contributed by atoms with E-state index in [2.05, 4.69) is 171 Å². The number of fused-ring (bicyclic) bond motifs is 6. The second-order valence-corrected chi connectivity index (χ2v) is 20.1. The first kappa shape index (κ1) is 38.2. The van der Waals surface area contributed by atoms with E-state index < -0.39 is 0 Å². The van der Waals surface area contributed by atoms with Crippen LogP contribution in [0.15, 0.2) is 109 Å². The molecule has 57 heavy (non-hydrogen) atoms. The zero-order valence-electron chi connectivity index (χ0n) is 35.6. The largest absolute Gasteiger partial charge is 0.308 e. The van der Waals surface area contributed by atoms with Gasteiger partial charge in [-0.2, -0.15) is 5.26 Å². The Morgan fingerprint density at radius 1 is 0.439 bits per heavy atom. The van der Waals surface area contributed by atoms with Crippen molar-refractivity contribution in [1.29, 1.82) is 5.26 Å². The monoisotopic (exact) mass is 751 g/mol. The molecule has 0 spiro atoms. The van der Waals surface area contributed by atoms with Crippen molar-refractivity contribution in [1.82, 2.24) is 9.13 Å². The third kappa shape index (κ3) is 6.42. The summed E-state index contributed by atoms with van der Waals surface area (Å²) in [4.78, 5) is 0. The van der Waals surface area contributed by atoms with Crippen LogP contribution in [0.4, 0.5) is 4.39 Å². The highest BCUT2D eigenvalue weighted by molar-refractivity contribution is 6.12. The minimum Gasteiger partial charge on any atom is -0.308 e. The fourth-order valence-corrected chi connectivity index (χ4v) is 8.35. The van der Waals surface area contributed by atoms with Crippen molar-refractivity contribution in [3.8, 4) is 28.6 Å². The Hall–Kier alpha value is -5.66. The van der Waals surface area contributed by atoms with Crippen molar-refractivity contribution in [2.24, 2.45) is 0 Å². The van der Waals surface area contributed by atoms with Gasteiger partial charge < -0.3 is 9.13 Å². The Morgan fingerprint density at radius 2 is 0.754 bits per heavy atom. The zero-order valence-corrected chi connectivity index (χ0v) is 35.6. The smallest absolute Gasteiger partial charge is 0.131 e. The van der Waals surface area contributed by atoms with Gasteiger partial charge in [-0.3, -0.25) is 0 Å². The van der Waals surface area contributed by atoms with Gasteiger partial charge in [-0.15, -0.1) is 0 Å². The fraction of sp³-hybridized carbons (Fsp3) is 0.302. The Kier molecular flexibility index (Phi) is 8.67. The number of rotatable bonds is 3. The molecule has 0 saturated heterocycles. The van der Waals surface area contributed by atoms with Gasteiger partial charge >= 0.3 is 0 Å². The van der Waals surface area contributed by atoms with Crippen LogP contribution in [0.3, 0.4) is 0 Å². The third-order valence-corrected chi connectivity index (χ3v) is 11.9. The van der Waals surface area contributed by atoms with E-state index in [0.29, 0.717) is 16.7 Å². The molecule has 0 radical (unpaired) electrons. The zero-order chi connectivity index (χ0) is 41.0. The molecule has 4 heteroatoms. The Balaban J connectivity index is 1.61. The SMILES string of the molecule is CC(C)(C)c1ccc2c3ccc(C(C)(C)C)cc3n(-c3cc(-c4ccccc4F)cc(-n4c5cc(C(C)(C)C)ccc5c5ccc(C(C)(C)C)cc54)c3C#N)c2c1. The second kappa shape index (κ2) is 12.9. The highest BCUT2D eigenvalue weighted by Crippen LogP contribution is 2.43. The van der Waals surface area contributed by atoms with Crippen molar-refractivity contribution in [2.45, 2.75) is 105 Å². The number of hydrogen-bond acceptors (Lipinski definition) is 1. The molecule has 6 aromatic carbocycles. The molecule has 0 fully saturated rings. The number of hydrogen-bond donors (Lipinski definition) is 0. The Morgan fingerprint density at radius 3 is 1.04 bits per heavy atom. The molecule has 0 unspecified atom stereocenters. The quantitative estimate of drug-likeness (QED) is 0.177. The molecule has 0 N–H and O–H groups in total. The molecule has 0 saturated carbocycles. The maximum absolute atomic E-state index is 16.1. The molecule has 0 aliphatic rings. The summed E-state index contributed by atoms with van der Waals surface area (Å²) in [5, 5.41) is 16.0. The van der Waals surface area contributed by atoms with Gasteiger partial charge in [-0.05, 0) is 91.9 Å². The van der Waals surface area contributed by atoms with Crippen LogP contribution >= 0.6 is 0 Å². The third-order valence-electron chi connectivity index (χ3n) is 11.9. The molecule has 0 amide bonds. The lowest BCUT2D eigenvalue weighted by Crippen LogP contribution is -2.12. The molecule has 2 heterocycles. The minimum atomic E-state index is -0.307. The van der Waals surface area contributed by atoms with Crippen LogP contribution in [0.5, 0.6) is 0 Å².